The first-order valence-electron chi connectivity index (χ1n) is 9.75. The summed E-state index contributed by atoms with van der Waals surface area (Å²) in [5.74, 6) is -0.618. The molecule has 31 heavy (non-hydrogen) atoms. The van der Waals surface area contributed by atoms with Crippen LogP contribution < -0.4 is 15.5 Å². The Labute approximate surface area is 191 Å². The van der Waals surface area contributed by atoms with Crippen molar-refractivity contribution in [3.05, 3.63) is 57.6 Å². The van der Waals surface area contributed by atoms with Gasteiger partial charge in [0.2, 0.25) is 0 Å². The van der Waals surface area contributed by atoms with Gasteiger partial charge < -0.3 is 15.2 Å². The Bertz CT molecular complexity index is 947. The number of rotatable bonds is 9. The van der Waals surface area contributed by atoms with Crippen molar-refractivity contribution < 1.29 is 19.4 Å². The van der Waals surface area contributed by atoms with E-state index in [0.29, 0.717) is 29.2 Å². The van der Waals surface area contributed by atoms with E-state index < -0.39 is 11.9 Å². The lowest BCUT2D eigenvalue weighted by Gasteiger charge is -2.19. The van der Waals surface area contributed by atoms with E-state index in [1.807, 2.05) is 13.8 Å². The Morgan fingerprint density at radius 3 is 2.48 bits per heavy atom. The highest BCUT2D eigenvalue weighted by Crippen LogP contribution is 2.34. The van der Waals surface area contributed by atoms with Gasteiger partial charge in [0.25, 0.3) is 11.8 Å². The number of halogens is 2. The van der Waals surface area contributed by atoms with E-state index in [2.05, 4.69) is 15.8 Å². The Morgan fingerprint density at radius 2 is 1.87 bits per heavy atom. The number of ether oxygens (including phenoxy) is 1. The summed E-state index contributed by atoms with van der Waals surface area (Å²) in [7, 11) is 0. The fourth-order valence-electron chi connectivity index (χ4n) is 2.73. The third kappa shape index (κ3) is 7.45. The van der Waals surface area contributed by atoms with Crippen LogP contribution in [0.5, 0.6) is 11.5 Å². The van der Waals surface area contributed by atoms with Crippen LogP contribution in [0.15, 0.2) is 41.5 Å². The maximum Gasteiger partial charge on any atom is 0.262 e. The number of phenolic OH excluding ortho intramolecular Hbond substituents is 1. The average molecular weight is 466 g/mol. The lowest BCUT2D eigenvalue weighted by atomic mass is 10.0. The smallest absolute Gasteiger partial charge is 0.262 e. The molecule has 0 aliphatic carbocycles. The van der Waals surface area contributed by atoms with Crippen molar-refractivity contribution in [1.29, 1.82) is 0 Å². The van der Waals surface area contributed by atoms with Gasteiger partial charge in [-0.25, -0.2) is 5.43 Å². The minimum Gasteiger partial charge on any atom is -0.503 e. The molecule has 2 aromatic carbocycles. The van der Waals surface area contributed by atoms with E-state index in [1.54, 1.807) is 37.3 Å². The molecule has 0 fully saturated rings. The molecule has 2 amide bonds. The number of nitrogens with zero attached hydrogens (tertiary/aromatic N) is 1. The minimum atomic E-state index is -0.775. The van der Waals surface area contributed by atoms with Crippen molar-refractivity contribution >= 4 is 41.2 Å². The van der Waals surface area contributed by atoms with Crippen molar-refractivity contribution in [3.8, 4) is 11.5 Å². The molecule has 9 heteroatoms. The van der Waals surface area contributed by atoms with Crippen LogP contribution in [0.2, 0.25) is 10.0 Å². The molecular formula is C22H25Cl2N3O4. The number of phenols is 1. The molecule has 166 valence electrons. The molecule has 2 aromatic rings. The molecule has 2 rings (SSSR count). The normalized spacial score (nSPS) is 12.1. The molecule has 0 saturated carbocycles. The Kier molecular flexibility index (Phi) is 9.15. The van der Waals surface area contributed by atoms with Gasteiger partial charge in [-0.2, -0.15) is 5.10 Å². The number of benzene rings is 2. The lowest BCUT2D eigenvalue weighted by Crippen LogP contribution is -2.46. The molecule has 7 nitrogen and oxygen atoms in total. The zero-order valence-corrected chi connectivity index (χ0v) is 19.0. The number of nitrogens with one attached hydrogen (secondary N) is 2. The van der Waals surface area contributed by atoms with Gasteiger partial charge in [-0.05, 0) is 61.2 Å². The summed E-state index contributed by atoms with van der Waals surface area (Å²) in [6.45, 7) is 6.03. The minimum absolute atomic E-state index is 0.103. The molecule has 0 bridgehead atoms. The molecule has 0 radical (unpaired) electrons. The lowest BCUT2D eigenvalue weighted by molar-refractivity contribution is -0.123. The molecule has 0 saturated heterocycles. The van der Waals surface area contributed by atoms with E-state index in [-0.39, 0.29) is 28.3 Å². The fraction of sp³-hybridized carbons (Fsp3) is 0.318. The third-order valence-electron chi connectivity index (χ3n) is 4.17. The first kappa shape index (κ1) is 24.5. The molecule has 0 aliphatic rings. The van der Waals surface area contributed by atoms with Gasteiger partial charge >= 0.3 is 0 Å². The third-order valence-corrected chi connectivity index (χ3v) is 4.71. The van der Waals surface area contributed by atoms with Gasteiger partial charge in [-0.15, -0.1) is 0 Å². The van der Waals surface area contributed by atoms with Gasteiger partial charge in [-0.1, -0.05) is 37.0 Å². The number of hydrogen-bond donors (Lipinski definition) is 3. The van der Waals surface area contributed by atoms with Crippen LogP contribution in [0, 0.1) is 5.92 Å². The van der Waals surface area contributed by atoms with Crippen LogP contribution in [0.1, 0.15) is 43.1 Å². The summed E-state index contributed by atoms with van der Waals surface area (Å²) in [6.07, 6.45) is 1.80. The highest BCUT2D eigenvalue weighted by Gasteiger charge is 2.22. The molecule has 0 spiro atoms. The van der Waals surface area contributed by atoms with Crippen LogP contribution in [0.3, 0.4) is 0 Å². The van der Waals surface area contributed by atoms with Gasteiger partial charge in [0.1, 0.15) is 6.04 Å². The second-order valence-corrected chi connectivity index (χ2v) is 8.02. The largest absolute Gasteiger partial charge is 0.503 e. The molecule has 3 N–H and O–H groups in total. The molecule has 1 atom stereocenters. The fourth-order valence-corrected chi connectivity index (χ4v) is 3.07. The van der Waals surface area contributed by atoms with Crippen molar-refractivity contribution in [2.24, 2.45) is 11.0 Å². The van der Waals surface area contributed by atoms with Crippen molar-refractivity contribution in [2.45, 2.75) is 33.2 Å². The molecule has 0 heterocycles. The van der Waals surface area contributed by atoms with Gasteiger partial charge in [0.05, 0.1) is 17.8 Å². The maximum absolute atomic E-state index is 12.6. The first-order chi connectivity index (χ1) is 14.7. The SMILES string of the molecule is CCOc1cc(/C=N/NC(=O)C(CC(C)C)NC(=O)c2ccc(Cl)cc2)cc(Cl)c1O. The van der Waals surface area contributed by atoms with E-state index in [4.69, 9.17) is 27.9 Å². The molecule has 0 aliphatic heterocycles. The predicted molar refractivity (Wildman–Crippen MR) is 122 cm³/mol. The zero-order valence-electron chi connectivity index (χ0n) is 17.5. The number of amides is 2. The summed E-state index contributed by atoms with van der Waals surface area (Å²) >= 11 is 11.8. The highest BCUT2D eigenvalue weighted by molar-refractivity contribution is 6.32. The molecule has 1 unspecified atom stereocenters. The highest BCUT2D eigenvalue weighted by atomic mass is 35.5. The Balaban J connectivity index is 2.08. The first-order valence-corrected chi connectivity index (χ1v) is 10.5. The monoisotopic (exact) mass is 465 g/mol. The summed E-state index contributed by atoms with van der Waals surface area (Å²) < 4.78 is 5.32. The quantitative estimate of drug-likeness (QED) is 0.377. The van der Waals surface area contributed by atoms with E-state index >= 15 is 0 Å². The number of hydrogen-bond acceptors (Lipinski definition) is 5. The van der Waals surface area contributed by atoms with E-state index in [9.17, 15) is 14.7 Å². The van der Waals surface area contributed by atoms with Crippen molar-refractivity contribution in [1.82, 2.24) is 10.7 Å². The van der Waals surface area contributed by atoms with Gasteiger partial charge in [0, 0.05) is 10.6 Å². The summed E-state index contributed by atoms with van der Waals surface area (Å²) in [6, 6.07) is 8.66. The maximum atomic E-state index is 12.6. The predicted octanol–water partition coefficient (Wildman–Crippen LogP) is 4.39. The standard InChI is InChI=1S/C22H25Cl2N3O4/c1-4-31-19-11-14(10-17(24)20(19)28)12-25-27-22(30)18(9-13(2)3)26-21(29)15-5-7-16(23)8-6-15/h5-8,10-13,18,28H,4,9H2,1-3H3,(H,26,29)(H,27,30)/b25-12+. The second kappa shape index (κ2) is 11.6. The summed E-state index contributed by atoms with van der Waals surface area (Å²) in [5, 5.41) is 17.2. The zero-order chi connectivity index (χ0) is 23.0. The number of hydrazone groups is 1. The van der Waals surface area contributed by atoms with E-state index in [1.165, 1.54) is 12.3 Å². The van der Waals surface area contributed by atoms with Crippen LogP contribution in [0.4, 0.5) is 0 Å². The number of aromatic hydroxyl groups is 1. The second-order valence-electron chi connectivity index (χ2n) is 7.18. The van der Waals surface area contributed by atoms with Crippen LogP contribution in [-0.4, -0.2) is 35.8 Å². The van der Waals surface area contributed by atoms with Crippen LogP contribution in [-0.2, 0) is 4.79 Å². The molecular weight excluding hydrogens is 441 g/mol. The van der Waals surface area contributed by atoms with Crippen LogP contribution in [0.25, 0.3) is 0 Å². The average Bonchev–Trinajstić information content (AvgIpc) is 2.71. The topological polar surface area (TPSA) is 100 Å². The van der Waals surface area contributed by atoms with E-state index in [0.717, 1.165) is 0 Å². The van der Waals surface area contributed by atoms with Crippen molar-refractivity contribution in [2.75, 3.05) is 6.61 Å². The number of carbonyl (C=O) groups excluding carboxylic acids is 2. The van der Waals surface area contributed by atoms with Crippen LogP contribution >= 0.6 is 23.2 Å². The molecule has 0 aromatic heterocycles. The van der Waals surface area contributed by atoms with Crippen molar-refractivity contribution in [3.63, 3.8) is 0 Å². The van der Waals surface area contributed by atoms with Gasteiger partial charge in [-0.3, -0.25) is 9.59 Å². The Morgan fingerprint density at radius 1 is 1.19 bits per heavy atom. The number of carbonyl (C=O) groups is 2. The Hall–Kier alpha value is -2.77. The summed E-state index contributed by atoms with van der Waals surface area (Å²) in [5.41, 5.74) is 3.36. The van der Waals surface area contributed by atoms with Gasteiger partial charge in [0.15, 0.2) is 11.5 Å². The summed E-state index contributed by atoms with van der Waals surface area (Å²) in [4.78, 5) is 25.1.